The van der Waals surface area contributed by atoms with E-state index in [0.717, 1.165) is 6.26 Å². The predicted octanol–water partition coefficient (Wildman–Crippen LogP) is 2.54. The zero-order chi connectivity index (χ0) is 25.1. The van der Waals surface area contributed by atoms with Crippen molar-refractivity contribution >= 4 is 27.4 Å². The molecule has 2 N–H and O–H groups in total. The van der Waals surface area contributed by atoms with Crippen LogP contribution in [0.1, 0.15) is 46.1 Å². The fourth-order valence-electron chi connectivity index (χ4n) is 3.85. The number of allylic oxidation sites excluding steroid dienone is 3. The van der Waals surface area contributed by atoms with Crippen LogP contribution in [0.5, 0.6) is 0 Å². The summed E-state index contributed by atoms with van der Waals surface area (Å²) in [5.74, 6) is -2.67. The van der Waals surface area contributed by atoms with Crippen LogP contribution in [0, 0.1) is 16.0 Å². The first-order chi connectivity index (χ1) is 15.3. The van der Waals surface area contributed by atoms with Gasteiger partial charge in [0.05, 0.1) is 22.4 Å². The van der Waals surface area contributed by atoms with E-state index in [1.807, 2.05) is 0 Å². The van der Waals surface area contributed by atoms with E-state index < -0.39 is 38.6 Å². The highest BCUT2D eigenvalue weighted by Gasteiger charge is 2.39. The number of amides is 1. The molecular formula is C22H29N3O7S. The first kappa shape index (κ1) is 26.0. The van der Waals surface area contributed by atoms with Gasteiger partial charge in [0.2, 0.25) is 0 Å². The number of dihydropyridines is 1. The lowest BCUT2D eigenvalue weighted by atomic mass is 9.85. The number of rotatable bonds is 8. The maximum atomic E-state index is 13.4. The van der Waals surface area contributed by atoms with Crippen molar-refractivity contribution in [2.75, 3.05) is 12.9 Å². The summed E-state index contributed by atoms with van der Waals surface area (Å²) in [6.45, 7) is 8.44. The van der Waals surface area contributed by atoms with Gasteiger partial charge in [0, 0.05) is 35.4 Å². The number of ether oxygens (including phenoxy) is 1. The van der Waals surface area contributed by atoms with Crippen LogP contribution in [0.25, 0.3) is 0 Å². The second kappa shape index (κ2) is 10.2. The Balaban J connectivity index is 2.66. The van der Waals surface area contributed by atoms with Gasteiger partial charge in [0.25, 0.3) is 11.6 Å². The molecule has 1 aliphatic rings. The van der Waals surface area contributed by atoms with E-state index in [0.29, 0.717) is 11.4 Å². The molecule has 0 aromatic heterocycles. The molecule has 0 unspecified atom stereocenters. The van der Waals surface area contributed by atoms with Gasteiger partial charge in [-0.1, -0.05) is 26.0 Å². The van der Waals surface area contributed by atoms with Crippen molar-refractivity contribution in [1.29, 1.82) is 0 Å². The third kappa shape index (κ3) is 5.78. The third-order valence-electron chi connectivity index (χ3n) is 5.25. The van der Waals surface area contributed by atoms with Crippen LogP contribution in [-0.4, -0.2) is 44.1 Å². The summed E-state index contributed by atoms with van der Waals surface area (Å²) in [7, 11) is -3.82. The highest BCUT2D eigenvalue weighted by Crippen LogP contribution is 2.41. The number of esters is 1. The molecule has 0 saturated heterocycles. The van der Waals surface area contributed by atoms with Crippen molar-refractivity contribution in [3.8, 4) is 0 Å². The summed E-state index contributed by atoms with van der Waals surface area (Å²) >= 11 is 0. The minimum atomic E-state index is -3.82. The number of nitrogens with zero attached hydrogens (tertiary/aromatic N) is 1. The van der Waals surface area contributed by atoms with Crippen molar-refractivity contribution in [3.05, 3.63) is 61.8 Å². The third-order valence-corrected chi connectivity index (χ3v) is 6.59. The Labute approximate surface area is 193 Å². The monoisotopic (exact) mass is 479 g/mol. The van der Waals surface area contributed by atoms with E-state index in [2.05, 4.69) is 10.6 Å². The molecule has 2 rings (SSSR count). The van der Waals surface area contributed by atoms with Crippen LogP contribution in [0.4, 0.5) is 5.69 Å². The lowest BCUT2D eigenvalue weighted by molar-refractivity contribution is -0.384. The number of non-ortho nitro benzene ring substituents is 1. The molecule has 2 atom stereocenters. The van der Waals surface area contributed by atoms with Crippen LogP contribution in [0.2, 0.25) is 0 Å². The van der Waals surface area contributed by atoms with Crippen LogP contribution < -0.4 is 10.6 Å². The summed E-state index contributed by atoms with van der Waals surface area (Å²) in [6.07, 6.45) is 1.02. The van der Waals surface area contributed by atoms with Crippen LogP contribution in [0.3, 0.4) is 0 Å². The van der Waals surface area contributed by atoms with Crippen molar-refractivity contribution in [1.82, 2.24) is 10.6 Å². The minimum Gasteiger partial charge on any atom is -0.464 e. The number of sulfone groups is 1. The van der Waals surface area contributed by atoms with Gasteiger partial charge < -0.3 is 15.4 Å². The SMILES string of the molecule is CCOC(=O)[C@H](NC(=O)C1=C(C)NC(C)=C(S(C)(=O)=O)[C@H]1c1cccc([N+](=O)[O-])c1)C(C)C. The number of hydrogen-bond donors (Lipinski definition) is 2. The molecule has 1 amide bonds. The first-order valence-corrected chi connectivity index (χ1v) is 12.3. The van der Waals surface area contributed by atoms with E-state index in [9.17, 15) is 28.1 Å². The van der Waals surface area contributed by atoms with Crippen molar-refractivity contribution in [2.24, 2.45) is 5.92 Å². The summed E-state index contributed by atoms with van der Waals surface area (Å²) < 4.78 is 30.5. The second-order valence-electron chi connectivity index (χ2n) is 8.16. The van der Waals surface area contributed by atoms with Gasteiger partial charge in [-0.15, -0.1) is 0 Å². The maximum Gasteiger partial charge on any atom is 0.328 e. The fourth-order valence-corrected chi connectivity index (χ4v) is 5.14. The molecule has 0 fully saturated rings. The lowest BCUT2D eigenvalue weighted by Crippen LogP contribution is -2.47. The zero-order valence-corrected chi connectivity index (χ0v) is 20.3. The Morgan fingerprint density at radius 1 is 1.24 bits per heavy atom. The number of nitro benzene ring substituents is 1. The molecule has 0 radical (unpaired) electrons. The smallest absolute Gasteiger partial charge is 0.328 e. The molecule has 1 heterocycles. The van der Waals surface area contributed by atoms with Crippen LogP contribution in [-0.2, 0) is 24.2 Å². The molecule has 1 aliphatic heterocycles. The molecule has 1 aromatic rings. The number of carbonyl (C=O) groups excluding carboxylic acids is 2. The van der Waals surface area contributed by atoms with Crippen molar-refractivity contribution < 1.29 is 27.7 Å². The molecule has 180 valence electrons. The highest BCUT2D eigenvalue weighted by molar-refractivity contribution is 7.94. The minimum absolute atomic E-state index is 0.0523. The molecule has 0 aliphatic carbocycles. The first-order valence-electron chi connectivity index (χ1n) is 10.4. The molecule has 1 aromatic carbocycles. The number of nitro groups is 1. The molecule has 10 nitrogen and oxygen atoms in total. The zero-order valence-electron chi connectivity index (χ0n) is 19.5. The van der Waals surface area contributed by atoms with E-state index in [1.165, 1.54) is 24.3 Å². The number of hydrogen-bond acceptors (Lipinski definition) is 8. The number of nitrogens with one attached hydrogen (secondary N) is 2. The van der Waals surface area contributed by atoms with Gasteiger partial charge in [-0.3, -0.25) is 14.9 Å². The Kier molecular flexibility index (Phi) is 8.02. The van der Waals surface area contributed by atoms with Crippen molar-refractivity contribution in [3.63, 3.8) is 0 Å². The van der Waals surface area contributed by atoms with Crippen molar-refractivity contribution in [2.45, 2.75) is 46.6 Å². The van der Waals surface area contributed by atoms with E-state index in [4.69, 9.17) is 4.74 Å². The average Bonchev–Trinajstić information content (AvgIpc) is 2.70. The summed E-state index contributed by atoms with van der Waals surface area (Å²) in [5, 5.41) is 16.9. The average molecular weight is 480 g/mol. The predicted molar refractivity (Wildman–Crippen MR) is 123 cm³/mol. The molecule has 0 bridgehead atoms. The van der Waals surface area contributed by atoms with Crippen LogP contribution in [0.15, 0.2) is 46.1 Å². The largest absolute Gasteiger partial charge is 0.464 e. The van der Waals surface area contributed by atoms with Gasteiger partial charge in [-0.25, -0.2) is 13.2 Å². The van der Waals surface area contributed by atoms with Gasteiger partial charge in [0.15, 0.2) is 9.84 Å². The van der Waals surface area contributed by atoms with Crippen LogP contribution >= 0.6 is 0 Å². The van der Waals surface area contributed by atoms with Gasteiger partial charge in [0.1, 0.15) is 6.04 Å². The molecule has 11 heteroatoms. The lowest BCUT2D eigenvalue weighted by Gasteiger charge is -2.32. The molecule has 0 saturated carbocycles. The number of carbonyl (C=O) groups is 2. The quantitative estimate of drug-likeness (QED) is 0.329. The molecule has 0 spiro atoms. The van der Waals surface area contributed by atoms with Gasteiger partial charge >= 0.3 is 5.97 Å². The van der Waals surface area contributed by atoms with Gasteiger partial charge in [-0.05, 0) is 32.3 Å². The Bertz CT molecular complexity index is 1140. The summed E-state index contributed by atoms with van der Waals surface area (Å²) in [5.41, 5.74) is 0.776. The normalized spacial score (nSPS) is 17.5. The Hall–Kier alpha value is -3.21. The van der Waals surface area contributed by atoms with E-state index in [-0.39, 0.29) is 34.3 Å². The number of benzene rings is 1. The van der Waals surface area contributed by atoms with E-state index in [1.54, 1.807) is 34.6 Å². The standard InChI is InChI=1S/C22H29N3O7S/c1-7-32-22(27)19(12(2)3)24-21(26)17-13(4)23-14(5)20(33(6,30)31)18(17)15-9-8-10-16(11-15)25(28)29/h8-12,18-19,23H,7H2,1-6H3,(H,24,26)/t18-,19+/m0/s1. The second-order valence-corrected chi connectivity index (χ2v) is 10.1. The van der Waals surface area contributed by atoms with E-state index >= 15 is 0 Å². The topological polar surface area (TPSA) is 145 Å². The Morgan fingerprint density at radius 2 is 1.88 bits per heavy atom. The Morgan fingerprint density at radius 3 is 2.39 bits per heavy atom. The highest BCUT2D eigenvalue weighted by atomic mass is 32.2. The molecular weight excluding hydrogens is 450 g/mol. The summed E-state index contributed by atoms with van der Waals surface area (Å²) in [6, 6.07) is 4.54. The molecule has 33 heavy (non-hydrogen) atoms. The van der Waals surface area contributed by atoms with Gasteiger partial charge in [-0.2, -0.15) is 0 Å². The maximum absolute atomic E-state index is 13.4. The fraction of sp³-hybridized carbons (Fsp3) is 0.455. The summed E-state index contributed by atoms with van der Waals surface area (Å²) in [4.78, 5) is 36.5.